The second-order valence-electron chi connectivity index (χ2n) is 9.09. The zero-order chi connectivity index (χ0) is 22.7. The molecule has 5 amide bonds. The van der Waals surface area contributed by atoms with E-state index in [1.54, 1.807) is 0 Å². The van der Waals surface area contributed by atoms with Gasteiger partial charge in [-0.05, 0) is 44.2 Å². The molecule has 9 nitrogen and oxygen atoms in total. The molecule has 3 aliphatic rings. The lowest BCUT2D eigenvalue weighted by Gasteiger charge is -2.32. The Hall–Kier alpha value is -2.94. The number of piperidine rings is 1. The third kappa shape index (κ3) is 4.62. The van der Waals surface area contributed by atoms with E-state index < -0.39 is 11.6 Å². The van der Waals surface area contributed by atoms with Crippen molar-refractivity contribution >= 4 is 23.8 Å². The fraction of sp³-hybridized carbons (Fsp3) is 0.565. The second kappa shape index (κ2) is 9.28. The van der Waals surface area contributed by atoms with Gasteiger partial charge < -0.3 is 10.6 Å². The second-order valence-corrected chi connectivity index (χ2v) is 9.09. The number of amides is 5. The highest BCUT2D eigenvalue weighted by Crippen LogP contribution is 2.33. The minimum Gasteiger partial charge on any atom is -0.349 e. The molecule has 0 radical (unpaired) electrons. The molecule has 3 fully saturated rings. The summed E-state index contributed by atoms with van der Waals surface area (Å²) in [4.78, 5) is 52.1. The highest BCUT2D eigenvalue weighted by Gasteiger charge is 2.52. The fourth-order valence-electron chi connectivity index (χ4n) is 4.91. The lowest BCUT2D eigenvalue weighted by molar-refractivity contribution is -0.140. The molecule has 2 heterocycles. The predicted octanol–water partition coefficient (Wildman–Crippen LogP) is 1.48. The molecule has 0 atom stereocenters. The van der Waals surface area contributed by atoms with Crippen LogP contribution in [-0.2, 0) is 9.59 Å². The topological polar surface area (TPSA) is 111 Å². The van der Waals surface area contributed by atoms with Crippen LogP contribution in [0.2, 0.25) is 0 Å². The summed E-state index contributed by atoms with van der Waals surface area (Å²) in [6.45, 7) is 3.31. The summed E-state index contributed by atoms with van der Waals surface area (Å²) >= 11 is 0. The van der Waals surface area contributed by atoms with Gasteiger partial charge in [0.1, 0.15) is 5.54 Å². The number of hydrogen-bond acceptors (Lipinski definition) is 5. The van der Waals surface area contributed by atoms with Crippen LogP contribution >= 0.6 is 0 Å². The van der Waals surface area contributed by atoms with Gasteiger partial charge in [-0.25, -0.2) is 4.79 Å². The Kier molecular flexibility index (Phi) is 6.45. The number of carbonyl (C=O) groups excluding carboxylic acids is 4. The SMILES string of the molecule is Cc1ccccc1C(=O)NC1CCN(CC(=O)NN2C(=O)NC3(CCCCC3)C2=O)CC1. The average molecular weight is 442 g/mol. The highest BCUT2D eigenvalue weighted by molar-refractivity contribution is 6.08. The first kappa shape index (κ1) is 22.3. The largest absolute Gasteiger partial charge is 0.349 e. The summed E-state index contributed by atoms with van der Waals surface area (Å²) in [6, 6.07) is 6.99. The summed E-state index contributed by atoms with van der Waals surface area (Å²) in [6.07, 6.45) is 5.54. The summed E-state index contributed by atoms with van der Waals surface area (Å²) in [7, 11) is 0. The molecule has 1 aliphatic carbocycles. The van der Waals surface area contributed by atoms with Gasteiger partial charge in [0.15, 0.2) is 0 Å². The minimum atomic E-state index is -0.851. The van der Waals surface area contributed by atoms with Gasteiger partial charge in [0, 0.05) is 24.7 Å². The Balaban J connectivity index is 1.23. The number of benzene rings is 1. The van der Waals surface area contributed by atoms with Crippen LogP contribution in [-0.4, -0.2) is 64.9 Å². The van der Waals surface area contributed by atoms with Gasteiger partial charge in [-0.1, -0.05) is 37.5 Å². The maximum Gasteiger partial charge on any atom is 0.344 e. The summed E-state index contributed by atoms with van der Waals surface area (Å²) in [5, 5.41) is 6.72. The van der Waals surface area contributed by atoms with Crippen molar-refractivity contribution in [3.8, 4) is 0 Å². The molecular weight excluding hydrogens is 410 g/mol. The van der Waals surface area contributed by atoms with Gasteiger partial charge in [-0.3, -0.25) is 24.7 Å². The molecule has 1 saturated carbocycles. The zero-order valence-electron chi connectivity index (χ0n) is 18.5. The lowest BCUT2D eigenvalue weighted by Crippen LogP contribution is -2.53. The first-order valence-electron chi connectivity index (χ1n) is 11.4. The van der Waals surface area contributed by atoms with Crippen LogP contribution in [0.25, 0.3) is 0 Å². The molecule has 1 spiro atoms. The Bertz CT molecular complexity index is 903. The third-order valence-electron chi connectivity index (χ3n) is 6.79. The van der Waals surface area contributed by atoms with Crippen LogP contribution in [0, 0.1) is 6.92 Å². The number of imide groups is 1. The minimum absolute atomic E-state index is 0.0542. The Morgan fingerprint density at radius 2 is 1.78 bits per heavy atom. The predicted molar refractivity (Wildman–Crippen MR) is 117 cm³/mol. The Labute approximate surface area is 187 Å². The molecular formula is C23H31N5O4. The molecule has 9 heteroatoms. The molecule has 1 aromatic carbocycles. The summed E-state index contributed by atoms with van der Waals surface area (Å²) in [5.74, 6) is -0.813. The molecule has 172 valence electrons. The molecule has 3 N–H and O–H groups in total. The van der Waals surface area contributed by atoms with Crippen molar-refractivity contribution in [1.29, 1.82) is 0 Å². The van der Waals surface area contributed by atoms with Crippen molar-refractivity contribution in [2.75, 3.05) is 19.6 Å². The molecule has 0 bridgehead atoms. The van der Waals surface area contributed by atoms with E-state index in [1.807, 2.05) is 36.1 Å². The van der Waals surface area contributed by atoms with E-state index in [1.165, 1.54) is 0 Å². The monoisotopic (exact) mass is 441 g/mol. The van der Waals surface area contributed by atoms with Crippen LogP contribution in [0.5, 0.6) is 0 Å². The van der Waals surface area contributed by atoms with Crippen molar-refractivity contribution in [2.24, 2.45) is 0 Å². The summed E-state index contributed by atoms with van der Waals surface area (Å²) < 4.78 is 0. The van der Waals surface area contributed by atoms with Gasteiger partial charge in [-0.2, -0.15) is 5.01 Å². The maximum atomic E-state index is 12.8. The van der Waals surface area contributed by atoms with Crippen LogP contribution in [0.15, 0.2) is 24.3 Å². The van der Waals surface area contributed by atoms with Crippen LogP contribution in [0.4, 0.5) is 4.79 Å². The number of hydrogen-bond donors (Lipinski definition) is 3. The molecule has 0 unspecified atom stereocenters. The van der Waals surface area contributed by atoms with E-state index >= 15 is 0 Å². The van der Waals surface area contributed by atoms with Gasteiger partial charge in [0.25, 0.3) is 17.7 Å². The van der Waals surface area contributed by atoms with E-state index in [-0.39, 0.29) is 30.3 Å². The number of nitrogens with one attached hydrogen (secondary N) is 3. The molecule has 1 aromatic rings. The van der Waals surface area contributed by atoms with Crippen LogP contribution in [0.1, 0.15) is 60.9 Å². The van der Waals surface area contributed by atoms with Crippen molar-refractivity contribution in [1.82, 2.24) is 26.0 Å². The van der Waals surface area contributed by atoms with Crippen molar-refractivity contribution < 1.29 is 19.2 Å². The molecule has 2 saturated heterocycles. The highest BCUT2D eigenvalue weighted by atomic mass is 16.2. The van der Waals surface area contributed by atoms with E-state index in [4.69, 9.17) is 0 Å². The van der Waals surface area contributed by atoms with Crippen molar-refractivity contribution in [3.05, 3.63) is 35.4 Å². The molecule has 2 aliphatic heterocycles. The van der Waals surface area contributed by atoms with Gasteiger partial charge in [-0.15, -0.1) is 0 Å². The van der Waals surface area contributed by atoms with Gasteiger partial charge >= 0.3 is 6.03 Å². The maximum absolute atomic E-state index is 12.8. The van der Waals surface area contributed by atoms with Crippen LogP contribution < -0.4 is 16.1 Å². The third-order valence-corrected chi connectivity index (χ3v) is 6.79. The Morgan fingerprint density at radius 1 is 1.09 bits per heavy atom. The smallest absolute Gasteiger partial charge is 0.344 e. The summed E-state index contributed by atoms with van der Waals surface area (Å²) in [5.41, 5.74) is 3.26. The standard InChI is InChI=1S/C23H31N5O4/c1-16-7-3-4-8-18(16)20(30)24-17-9-13-27(14-10-17)15-19(29)26-28-21(31)23(25-22(28)32)11-5-2-6-12-23/h3-4,7-8,17H,2,5-6,9-15H2,1H3,(H,24,30)(H,25,32)(H,26,29). The number of hydrazine groups is 1. The lowest BCUT2D eigenvalue weighted by atomic mass is 9.82. The number of nitrogens with zero attached hydrogens (tertiary/aromatic N) is 2. The molecule has 32 heavy (non-hydrogen) atoms. The Morgan fingerprint density at radius 3 is 2.47 bits per heavy atom. The van der Waals surface area contributed by atoms with E-state index in [0.29, 0.717) is 31.5 Å². The first-order valence-corrected chi connectivity index (χ1v) is 11.4. The number of rotatable bonds is 5. The quantitative estimate of drug-likeness (QED) is 0.600. The van der Waals surface area contributed by atoms with E-state index in [2.05, 4.69) is 16.1 Å². The van der Waals surface area contributed by atoms with E-state index in [9.17, 15) is 19.2 Å². The fourth-order valence-corrected chi connectivity index (χ4v) is 4.91. The number of aryl methyl sites for hydroxylation is 1. The first-order chi connectivity index (χ1) is 15.4. The van der Waals surface area contributed by atoms with Crippen molar-refractivity contribution in [3.63, 3.8) is 0 Å². The van der Waals surface area contributed by atoms with Gasteiger partial charge in [0.05, 0.1) is 6.54 Å². The average Bonchev–Trinajstić information content (AvgIpc) is 2.99. The van der Waals surface area contributed by atoms with Gasteiger partial charge in [0.2, 0.25) is 0 Å². The van der Waals surface area contributed by atoms with Crippen LogP contribution in [0.3, 0.4) is 0 Å². The molecule has 0 aromatic heterocycles. The van der Waals surface area contributed by atoms with Crippen molar-refractivity contribution in [2.45, 2.75) is 63.5 Å². The normalized spacial score (nSPS) is 21.5. The number of urea groups is 1. The van der Waals surface area contributed by atoms with E-state index in [0.717, 1.165) is 42.7 Å². The molecule has 4 rings (SSSR count). The number of likely N-dealkylation sites (tertiary alicyclic amines) is 1. The number of carbonyl (C=O) groups is 4. The zero-order valence-corrected chi connectivity index (χ0v) is 18.5.